The van der Waals surface area contributed by atoms with Gasteiger partial charge in [-0.1, -0.05) is 0 Å². The van der Waals surface area contributed by atoms with Crippen LogP contribution in [0.3, 0.4) is 0 Å². The molecule has 0 unspecified atom stereocenters. The molecule has 2 amide bonds. The first-order chi connectivity index (χ1) is 10.0. The summed E-state index contributed by atoms with van der Waals surface area (Å²) in [6, 6.07) is 0. The number of piperidine rings is 1. The van der Waals surface area contributed by atoms with Gasteiger partial charge in [0.05, 0.1) is 0 Å². The monoisotopic (exact) mass is 298 g/mol. The van der Waals surface area contributed by atoms with Crippen molar-refractivity contribution in [1.29, 1.82) is 0 Å². The van der Waals surface area contributed by atoms with Crippen molar-refractivity contribution in [2.75, 3.05) is 19.6 Å². The van der Waals surface area contributed by atoms with Gasteiger partial charge in [-0.25, -0.2) is 4.79 Å². The van der Waals surface area contributed by atoms with Crippen molar-refractivity contribution >= 4 is 17.8 Å². The van der Waals surface area contributed by atoms with Gasteiger partial charge in [0.15, 0.2) is 6.10 Å². The van der Waals surface area contributed by atoms with Gasteiger partial charge in [-0.2, -0.15) is 0 Å². The molecular formula is C14H22N2O5. The summed E-state index contributed by atoms with van der Waals surface area (Å²) in [5.41, 5.74) is 0. The Morgan fingerprint density at radius 2 is 1.76 bits per heavy atom. The number of nitrogens with one attached hydrogen (secondary N) is 1. The number of carboxylic acid groups (broad SMARTS) is 1. The van der Waals surface area contributed by atoms with E-state index in [1.165, 1.54) is 0 Å². The van der Waals surface area contributed by atoms with Crippen LogP contribution in [0.5, 0.6) is 0 Å². The van der Waals surface area contributed by atoms with E-state index in [1.807, 2.05) is 6.92 Å². The predicted molar refractivity (Wildman–Crippen MR) is 73.5 cm³/mol. The summed E-state index contributed by atoms with van der Waals surface area (Å²) in [7, 11) is 0. The number of hydrogen-bond acceptors (Lipinski definition) is 4. The molecule has 2 heterocycles. The molecule has 2 fully saturated rings. The van der Waals surface area contributed by atoms with Gasteiger partial charge in [0, 0.05) is 25.6 Å². The number of aliphatic carboxylic acids is 1. The minimum Gasteiger partial charge on any atom is -0.479 e. The first-order valence-corrected chi connectivity index (χ1v) is 7.47. The summed E-state index contributed by atoms with van der Waals surface area (Å²) in [6.07, 6.45) is 0.603. The first-order valence-electron chi connectivity index (χ1n) is 7.47. The quantitative estimate of drug-likeness (QED) is 0.761. The number of amides is 2. The lowest BCUT2D eigenvalue weighted by atomic mass is 9.95. The van der Waals surface area contributed by atoms with E-state index in [0.717, 1.165) is 0 Å². The summed E-state index contributed by atoms with van der Waals surface area (Å²) in [6.45, 7) is 3.55. The maximum atomic E-state index is 12.3. The standard InChI is InChI=1S/C14H22N2O5/c1-2-15-12(17)9-5-7-16(8-6-9)13(18)10-3-4-11(21-10)14(19)20/h9-11H,2-8H2,1H3,(H,15,17)(H,19,20)/t10-,11+/m0/s1. The maximum absolute atomic E-state index is 12.3. The van der Waals surface area contributed by atoms with Crippen LogP contribution in [-0.2, 0) is 19.1 Å². The van der Waals surface area contributed by atoms with E-state index in [9.17, 15) is 14.4 Å². The molecule has 21 heavy (non-hydrogen) atoms. The third kappa shape index (κ3) is 3.72. The van der Waals surface area contributed by atoms with E-state index in [-0.39, 0.29) is 17.7 Å². The summed E-state index contributed by atoms with van der Waals surface area (Å²) in [5.74, 6) is -1.15. The van der Waals surface area contributed by atoms with Crippen LogP contribution in [0.4, 0.5) is 0 Å². The lowest BCUT2D eigenvalue weighted by molar-refractivity contribution is -0.155. The molecule has 0 radical (unpaired) electrons. The Morgan fingerprint density at radius 3 is 2.29 bits per heavy atom. The molecule has 2 aliphatic heterocycles. The Kier molecular flexibility index (Phi) is 5.17. The second kappa shape index (κ2) is 6.89. The topological polar surface area (TPSA) is 95.9 Å². The normalized spacial score (nSPS) is 26.6. The number of carbonyl (C=O) groups is 3. The number of nitrogens with zero attached hydrogens (tertiary/aromatic N) is 1. The predicted octanol–water partition coefficient (Wildman–Crippen LogP) is -0.00670. The fourth-order valence-electron chi connectivity index (χ4n) is 2.88. The lowest BCUT2D eigenvalue weighted by Gasteiger charge is -2.32. The van der Waals surface area contributed by atoms with Gasteiger partial charge in [0.2, 0.25) is 5.91 Å². The summed E-state index contributed by atoms with van der Waals surface area (Å²) >= 11 is 0. The van der Waals surface area contributed by atoms with Gasteiger partial charge in [0.25, 0.3) is 5.91 Å². The van der Waals surface area contributed by atoms with E-state index in [2.05, 4.69) is 5.32 Å². The van der Waals surface area contributed by atoms with Crippen molar-refractivity contribution < 1.29 is 24.2 Å². The molecule has 2 rings (SSSR count). The molecule has 2 N–H and O–H groups in total. The zero-order valence-corrected chi connectivity index (χ0v) is 12.2. The largest absolute Gasteiger partial charge is 0.479 e. The first kappa shape index (κ1) is 15.8. The van der Waals surface area contributed by atoms with Crippen molar-refractivity contribution in [2.24, 2.45) is 5.92 Å². The van der Waals surface area contributed by atoms with E-state index in [0.29, 0.717) is 45.3 Å². The molecule has 0 spiro atoms. The van der Waals surface area contributed by atoms with Crippen LogP contribution in [0, 0.1) is 5.92 Å². The Labute approximate surface area is 123 Å². The fourth-order valence-corrected chi connectivity index (χ4v) is 2.88. The SMILES string of the molecule is CCNC(=O)C1CCN(C(=O)[C@@H]2CC[C@H](C(=O)O)O2)CC1. The molecule has 0 bridgehead atoms. The van der Waals surface area contributed by atoms with Crippen LogP contribution in [-0.4, -0.2) is 59.6 Å². The van der Waals surface area contributed by atoms with E-state index in [1.54, 1.807) is 4.90 Å². The summed E-state index contributed by atoms with van der Waals surface area (Å²) in [5, 5.41) is 11.7. The number of carbonyl (C=O) groups excluding carboxylic acids is 2. The van der Waals surface area contributed by atoms with Gasteiger partial charge in [-0.15, -0.1) is 0 Å². The fraction of sp³-hybridized carbons (Fsp3) is 0.786. The number of ether oxygens (including phenoxy) is 1. The van der Waals surface area contributed by atoms with Crippen molar-refractivity contribution in [3.05, 3.63) is 0 Å². The zero-order chi connectivity index (χ0) is 15.4. The van der Waals surface area contributed by atoms with Crippen LogP contribution in [0.2, 0.25) is 0 Å². The van der Waals surface area contributed by atoms with Crippen molar-refractivity contribution in [3.8, 4) is 0 Å². The van der Waals surface area contributed by atoms with Gasteiger partial charge in [0.1, 0.15) is 6.10 Å². The molecule has 2 saturated heterocycles. The molecule has 7 nitrogen and oxygen atoms in total. The van der Waals surface area contributed by atoms with Crippen LogP contribution in [0.15, 0.2) is 0 Å². The Bertz CT molecular complexity index is 418. The van der Waals surface area contributed by atoms with E-state index in [4.69, 9.17) is 9.84 Å². The highest BCUT2D eigenvalue weighted by Crippen LogP contribution is 2.24. The molecule has 0 aliphatic carbocycles. The molecule has 7 heteroatoms. The second-order valence-corrected chi connectivity index (χ2v) is 5.52. The summed E-state index contributed by atoms with van der Waals surface area (Å²) < 4.78 is 5.28. The molecule has 2 aliphatic rings. The van der Waals surface area contributed by atoms with Gasteiger partial charge >= 0.3 is 5.97 Å². The van der Waals surface area contributed by atoms with Gasteiger partial charge < -0.3 is 20.1 Å². The van der Waals surface area contributed by atoms with E-state index < -0.39 is 18.2 Å². The Hall–Kier alpha value is -1.63. The molecule has 0 aromatic carbocycles. The van der Waals surface area contributed by atoms with Gasteiger partial charge in [-0.05, 0) is 32.6 Å². The van der Waals surface area contributed by atoms with Crippen molar-refractivity contribution in [1.82, 2.24) is 10.2 Å². The highest BCUT2D eigenvalue weighted by molar-refractivity contribution is 5.83. The van der Waals surface area contributed by atoms with E-state index >= 15 is 0 Å². The van der Waals surface area contributed by atoms with Gasteiger partial charge in [-0.3, -0.25) is 9.59 Å². The third-order valence-corrected chi connectivity index (χ3v) is 4.10. The third-order valence-electron chi connectivity index (χ3n) is 4.10. The second-order valence-electron chi connectivity index (χ2n) is 5.52. The van der Waals surface area contributed by atoms with Crippen LogP contribution < -0.4 is 5.32 Å². The molecule has 118 valence electrons. The van der Waals surface area contributed by atoms with Crippen LogP contribution >= 0.6 is 0 Å². The number of rotatable bonds is 4. The van der Waals surface area contributed by atoms with Crippen LogP contribution in [0.1, 0.15) is 32.6 Å². The molecule has 2 atom stereocenters. The summed E-state index contributed by atoms with van der Waals surface area (Å²) in [4.78, 5) is 36.5. The lowest BCUT2D eigenvalue weighted by Crippen LogP contribution is -2.46. The molecule has 0 aromatic heterocycles. The number of carboxylic acids is 1. The Balaban J connectivity index is 1.81. The average molecular weight is 298 g/mol. The number of likely N-dealkylation sites (tertiary alicyclic amines) is 1. The average Bonchev–Trinajstić information content (AvgIpc) is 2.97. The smallest absolute Gasteiger partial charge is 0.332 e. The number of hydrogen-bond donors (Lipinski definition) is 2. The van der Waals surface area contributed by atoms with Crippen LogP contribution in [0.25, 0.3) is 0 Å². The maximum Gasteiger partial charge on any atom is 0.332 e. The molecule has 0 aromatic rings. The molecular weight excluding hydrogens is 276 g/mol. The van der Waals surface area contributed by atoms with Crippen molar-refractivity contribution in [3.63, 3.8) is 0 Å². The zero-order valence-electron chi connectivity index (χ0n) is 12.2. The minimum absolute atomic E-state index is 0.0368. The minimum atomic E-state index is -1.01. The highest BCUT2D eigenvalue weighted by atomic mass is 16.5. The Morgan fingerprint density at radius 1 is 1.14 bits per heavy atom. The highest BCUT2D eigenvalue weighted by Gasteiger charge is 2.38. The van der Waals surface area contributed by atoms with Crippen molar-refractivity contribution in [2.45, 2.75) is 44.8 Å². The molecule has 0 saturated carbocycles.